The van der Waals surface area contributed by atoms with Gasteiger partial charge < -0.3 is 0 Å². The molecule has 0 spiro atoms. The molecule has 2 heteroatoms. The number of fused-ring (bicyclic) bond motifs is 2. The molecule has 2 bridgehead atoms. The summed E-state index contributed by atoms with van der Waals surface area (Å²) in [6.45, 7) is 3.62. The summed E-state index contributed by atoms with van der Waals surface area (Å²) in [4.78, 5) is 11.6. The van der Waals surface area contributed by atoms with Crippen molar-refractivity contribution in [2.24, 2.45) is 5.92 Å². The Morgan fingerprint density at radius 2 is 2.00 bits per heavy atom. The van der Waals surface area contributed by atoms with E-state index in [4.69, 9.17) is 0 Å². The topological polar surface area (TPSA) is 17.1 Å². The van der Waals surface area contributed by atoms with Crippen LogP contribution in [0.5, 0.6) is 0 Å². The molecule has 2 rings (SSSR count). The molecule has 0 aromatic heterocycles. The quantitative estimate of drug-likeness (QED) is 0.646. The summed E-state index contributed by atoms with van der Waals surface area (Å²) in [5.74, 6) is 0.781. The molecule has 0 aromatic rings. The van der Waals surface area contributed by atoms with Crippen molar-refractivity contribution in [2.45, 2.75) is 42.6 Å². The molecule has 72 valence electrons. The number of ketones is 1. The van der Waals surface area contributed by atoms with Crippen molar-refractivity contribution < 1.29 is 4.79 Å². The molecule has 2 fully saturated rings. The molecular formula is C11H16OS. The van der Waals surface area contributed by atoms with Gasteiger partial charge in [-0.25, -0.2) is 0 Å². The van der Waals surface area contributed by atoms with Crippen molar-refractivity contribution >= 4 is 17.5 Å². The maximum absolute atomic E-state index is 11.6. The van der Waals surface area contributed by atoms with Crippen LogP contribution in [-0.2, 0) is 4.79 Å². The summed E-state index contributed by atoms with van der Waals surface area (Å²) < 4.78 is 0. The zero-order valence-corrected chi connectivity index (χ0v) is 8.69. The molecule has 2 atom stereocenters. The standard InChI is InChI=1S/C11H16OS/c1-2-3-11(12)8-6-9-4-5-10(7-8)13-9/h2,8-10H,1,3-7H2. The molecule has 0 aromatic carbocycles. The molecule has 1 nitrogen and oxygen atoms in total. The summed E-state index contributed by atoms with van der Waals surface area (Å²) in [5.41, 5.74) is 0. The highest BCUT2D eigenvalue weighted by atomic mass is 32.2. The number of carbonyl (C=O) groups excluding carboxylic acids is 1. The average molecular weight is 196 g/mol. The number of carbonyl (C=O) groups is 1. The van der Waals surface area contributed by atoms with Crippen molar-refractivity contribution in [3.05, 3.63) is 12.7 Å². The van der Waals surface area contributed by atoms with Gasteiger partial charge in [0.05, 0.1) is 0 Å². The zero-order chi connectivity index (χ0) is 9.26. The third kappa shape index (κ3) is 1.98. The van der Waals surface area contributed by atoms with Crippen LogP contribution >= 0.6 is 11.8 Å². The molecule has 2 unspecified atom stereocenters. The van der Waals surface area contributed by atoms with Gasteiger partial charge in [-0.15, -0.1) is 6.58 Å². The van der Waals surface area contributed by atoms with Gasteiger partial charge in [-0.2, -0.15) is 11.8 Å². The lowest BCUT2D eigenvalue weighted by Crippen LogP contribution is -2.24. The van der Waals surface area contributed by atoms with Gasteiger partial charge in [-0.1, -0.05) is 6.08 Å². The van der Waals surface area contributed by atoms with E-state index in [1.165, 1.54) is 12.8 Å². The van der Waals surface area contributed by atoms with Crippen molar-refractivity contribution in [2.75, 3.05) is 0 Å². The molecule has 0 saturated carbocycles. The minimum Gasteiger partial charge on any atom is -0.299 e. The van der Waals surface area contributed by atoms with Crippen molar-refractivity contribution in [3.63, 3.8) is 0 Å². The van der Waals surface area contributed by atoms with Crippen molar-refractivity contribution in [3.8, 4) is 0 Å². The second-order valence-electron chi connectivity index (χ2n) is 4.08. The molecular weight excluding hydrogens is 180 g/mol. The zero-order valence-electron chi connectivity index (χ0n) is 7.87. The Hall–Kier alpha value is -0.240. The summed E-state index contributed by atoms with van der Waals surface area (Å²) in [6.07, 6.45) is 7.27. The lowest BCUT2D eigenvalue weighted by atomic mass is 9.93. The average Bonchev–Trinajstić information content (AvgIpc) is 2.46. The summed E-state index contributed by atoms with van der Waals surface area (Å²) >= 11 is 2.11. The molecule has 2 aliphatic rings. The Kier molecular flexibility index (Phi) is 2.77. The Bertz CT molecular complexity index is 212. The minimum atomic E-state index is 0.358. The van der Waals surface area contributed by atoms with Crippen LogP contribution in [0.25, 0.3) is 0 Å². The first kappa shape index (κ1) is 9.32. The van der Waals surface area contributed by atoms with E-state index in [1.807, 2.05) is 0 Å². The largest absolute Gasteiger partial charge is 0.299 e. The van der Waals surface area contributed by atoms with Crippen molar-refractivity contribution in [1.82, 2.24) is 0 Å². The fraction of sp³-hybridized carbons (Fsp3) is 0.727. The molecule has 2 saturated heterocycles. The van der Waals surface area contributed by atoms with E-state index < -0.39 is 0 Å². The first-order valence-electron chi connectivity index (χ1n) is 5.08. The smallest absolute Gasteiger partial charge is 0.139 e. The third-order valence-electron chi connectivity index (χ3n) is 3.09. The van der Waals surface area contributed by atoms with Gasteiger partial charge in [-0.3, -0.25) is 4.79 Å². The number of hydrogen-bond donors (Lipinski definition) is 0. The van der Waals surface area contributed by atoms with E-state index in [1.54, 1.807) is 6.08 Å². The predicted octanol–water partition coefficient (Wildman–Crippen LogP) is 2.81. The summed E-state index contributed by atoms with van der Waals surface area (Å²) in [7, 11) is 0. The predicted molar refractivity (Wildman–Crippen MR) is 56.9 cm³/mol. The molecule has 13 heavy (non-hydrogen) atoms. The maximum Gasteiger partial charge on any atom is 0.139 e. The fourth-order valence-corrected chi connectivity index (χ4v) is 4.21. The molecule has 0 radical (unpaired) electrons. The second kappa shape index (κ2) is 3.87. The van der Waals surface area contributed by atoms with Gasteiger partial charge in [0.25, 0.3) is 0 Å². The highest BCUT2D eigenvalue weighted by molar-refractivity contribution is 8.00. The Morgan fingerprint density at radius 1 is 1.38 bits per heavy atom. The molecule has 0 amide bonds. The second-order valence-corrected chi connectivity index (χ2v) is 5.69. The van der Waals surface area contributed by atoms with Crippen LogP contribution in [0.4, 0.5) is 0 Å². The lowest BCUT2D eigenvalue weighted by Gasteiger charge is -2.25. The Morgan fingerprint density at radius 3 is 2.54 bits per heavy atom. The van der Waals surface area contributed by atoms with Crippen molar-refractivity contribution in [1.29, 1.82) is 0 Å². The van der Waals surface area contributed by atoms with Gasteiger partial charge in [0.2, 0.25) is 0 Å². The number of allylic oxidation sites excluding steroid dienone is 1. The summed E-state index contributed by atoms with van der Waals surface area (Å²) in [5, 5.41) is 1.58. The normalized spacial score (nSPS) is 37.4. The first-order valence-corrected chi connectivity index (χ1v) is 6.03. The van der Waals surface area contributed by atoms with E-state index >= 15 is 0 Å². The van der Waals surface area contributed by atoms with E-state index in [9.17, 15) is 4.79 Å². The number of Topliss-reactive ketones (excluding diaryl/α,β-unsaturated/α-hetero) is 1. The van der Waals surface area contributed by atoms with Crippen LogP contribution in [0.2, 0.25) is 0 Å². The lowest BCUT2D eigenvalue weighted by molar-refractivity contribution is -0.122. The summed E-state index contributed by atoms with van der Waals surface area (Å²) in [6, 6.07) is 0. The van der Waals surface area contributed by atoms with Crippen LogP contribution in [0.1, 0.15) is 32.1 Å². The van der Waals surface area contributed by atoms with Gasteiger partial charge >= 0.3 is 0 Å². The van der Waals surface area contributed by atoms with Crippen LogP contribution in [-0.4, -0.2) is 16.3 Å². The van der Waals surface area contributed by atoms with E-state index in [2.05, 4.69) is 18.3 Å². The van der Waals surface area contributed by atoms with E-state index in [0.29, 0.717) is 18.1 Å². The number of rotatable bonds is 3. The molecule has 0 aliphatic carbocycles. The van der Waals surface area contributed by atoms with Crippen LogP contribution in [0.3, 0.4) is 0 Å². The molecule has 0 N–H and O–H groups in total. The van der Waals surface area contributed by atoms with Crippen LogP contribution in [0.15, 0.2) is 12.7 Å². The van der Waals surface area contributed by atoms with Crippen LogP contribution < -0.4 is 0 Å². The number of thioether (sulfide) groups is 1. The fourth-order valence-electron chi connectivity index (χ4n) is 2.43. The van der Waals surface area contributed by atoms with E-state index in [0.717, 1.165) is 23.3 Å². The van der Waals surface area contributed by atoms with Gasteiger partial charge in [-0.05, 0) is 25.7 Å². The van der Waals surface area contributed by atoms with Gasteiger partial charge in [0, 0.05) is 22.8 Å². The first-order chi connectivity index (χ1) is 6.29. The SMILES string of the molecule is C=CCC(=O)C1CC2CCC(C1)S2. The minimum absolute atomic E-state index is 0.358. The van der Waals surface area contributed by atoms with E-state index in [-0.39, 0.29) is 0 Å². The van der Waals surface area contributed by atoms with Gasteiger partial charge in [0.15, 0.2) is 0 Å². The Balaban J connectivity index is 1.94. The molecule has 2 heterocycles. The highest BCUT2D eigenvalue weighted by Gasteiger charge is 2.36. The maximum atomic E-state index is 11.6. The number of hydrogen-bond acceptors (Lipinski definition) is 2. The van der Waals surface area contributed by atoms with Crippen LogP contribution in [0, 0.1) is 5.92 Å². The Labute approximate surface area is 84.0 Å². The third-order valence-corrected chi connectivity index (χ3v) is 4.72. The van der Waals surface area contributed by atoms with Gasteiger partial charge in [0.1, 0.15) is 5.78 Å². The molecule has 2 aliphatic heterocycles. The monoisotopic (exact) mass is 196 g/mol. The highest BCUT2D eigenvalue weighted by Crippen LogP contribution is 2.46.